The van der Waals surface area contributed by atoms with Crippen molar-refractivity contribution in [1.29, 1.82) is 0 Å². The average molecular weight is 182 g/mol. The van der Waals surface area contributed by atoms with Crippen molar-refractivity contribution in [1.82, 2.24) is 0 Å². The lowest BCUT2D eigenvalue weighted by molar-refractivity contribution is 0.0589. The number of aliphatic hydroxyl groups excluding tert-OH is 1. The van der Waals surface area contributed by atoms with Gasteiger partial charge in [0.25, 0.3) is 0 Å². The van der Waals surface area contributed by atoms with Gasteiger partial charge < -0.3 is 5.11 Å². The molecule has 1 fully saturated rings. The quantitative estimate of drug-likeness (QED) is 0.665. The Morgan fingerprint density at radius 1 is 1.38 bits per heavy atom. The Hall–Kier alpha value is -0.300. The number of hydrogen-bond donors (Lipinski definition) is 1. The largest absolute Gasteiger partial charge is 0.393 e. The number of hydrogen-bond acceptors (Lipinski definition) is 1. The molecule has 1 nitrogen and oxygen atoms in total. The summed E-state index contributed by atoms with van der Waals surface area (Å²) in [7, 11) is 0. The molecule has 1 heteroatoms. The van der Waals surface area contributed by atoms with Gasteiger partial charge in [0.2, 0.25) is 0 Å². The summed E-state index contributed by atoms with van der Waals surface area (Å²) >= 11 is 0. The Labute approximate surface area is 81.9 Å². The van der Waals surface area contributed by atoms with Crippen LogP contribution in [0.3, 0.4) is 0 Å². The molecule has 1 rings (SSSR count). The summed E-state index contributed by atoms with van der Waals surface area (Å²) in [6, 6.07) is 0. The molecule has 1 N–H and O–H groups in total. The molecule has 0 radical (unpaired) electrons. The van der Waals surface area contributed by atoms with Gasteiger partial charge in [-0.15, -0.1) is 6.58 Å². The van der Waals surface area contributed by atoms with E-state index >= 15 is 0 Å². The Kier molecular flexibility index (Phi) is 3.98. The standard InChI is InChI=1S/C12H22O/c1-4-5-12(13)11-7-6-9(2)10(3)8-11/h4,9-13H,1,5-8H2,2-3H3. The first-order chi connectivity index (χ1) is 6.15. The van der Waals surface area contributed by atoms with Gasteiger partial charge in [0, 0.05) is 0 Å². The molecule has 0 aromatic rings. The topological polar surface area (TPSA) is 20.2 Å². The predicted octanol–water partition coefficient (Wildman–Crippen LogP) is 3.00. The molecule has 1 aliphatic carbocycles. The third-order valence-electron chi connectivity index (χ3n) is 3.59. The highest BCUT2D eigenvalue weighted by atomic mass is 16.3. The van der Waals surface area contributed by atoms with Crippen molar-refractivity contribution in [2.24, 2.45) is 17.8 Å². The molecule has 4 atom stereocenters. The molecular weight excluding hydrogens is 160 g/mol. The highest BCUT2D eigenvalue weighted by Gasteiger charge is 2.28. The van der Waals surface area contributed by atoms with Crippen molar-refractivity contribution >= 4 is 0 Å². The van der Waals surface area contributed by atoms with Crippen molar-refractivity contribution in [3.63, 3.8) is 0 Å². The monoisotopic (exact) mass is 182 g/mol. The summed E-state index contributed by atoms with van der Waals surface area (Å²) < 4.78 is 0. The Bertz CT molecular complexity index is 165. The van der Waals surface area contributed by atoms with E-state index in [0.29, 0.717) is 5.92 Å². The van der Waals surface area contributed by atoms with E-state index in [-0.39, 0.29) is 6.10 Å². The zero-order chi connectivity index (χ0) is 9.84. The summed E-state index contributed by atoms with van der Waals surface area (Å²) in [5.74, 6) is 2.13. The summed E-state index contributed by atoms with van der Waals surface area (Å²) in [6.07, 6.45) is 6.10. The molecule has 0 spiro atoms. The molecule has 0 bridgehead atoms. The number of aliphatic hydroxyl groups is 1. The van der Waals surface area contributed by atoms with Gasteiger partial charge in [-0.05, 0) is 37.0 Å². The minimum absolute atomic E-state index is 0.146. The van der Waals surface area contributed by atoms with Crippen LogP contribution in [0.2, 0.25) is 0 Å². The highest BCUT2D eigenvalue weighted by molar-refractivity contribution is 4.83. The maximum atomic E-state index is 9.81. The second-order valence-electron chi connectivity index (χ2n) is 4.62. The Morgan fingerprint density at radius 2 is 2.08 bits per heavy atom. The highest BCUT2D eigenvalue weighted by Crippen LogP contribution is 2.35. The lowest BCUT2D eigenvalue weighted by atomic mass is 9.73. The van der Waals surface area contributed by atoms with E-state index in [1.807, 2.05) is 6.08 Å². The van der Waals surface area contributed by atoms with E-state index in [9.17, 15) is 5.11 Å². The summed E-state index contributed by atoms with van der Waals surface area (Å²) in [5.41, 5.74) is 0. The molecule has 0 aromatic carbocycles. The molecule has 0 aliphatic heterocycles. The van der Waals surface area contributed by atoms with Crippen molar-refractivity contribution in [3.05, 3.63) is 12.7 Å². The predicted molar refractivity (Wildman–Crippen MR) is 56.5 cm³/mol. The molecule has 0 heterocycles. The first kappa shape index (κ1) is 10.8. The minimum atomic E-state index is -0.146. The fourth-order valence-corrected chi connectivity index (χ4v) is 2.30. The number of rotatable bonds is 3. The van der Waals surface area contributed by atoms with Crippen LogP contribution in [0.1, 0.15) is 39.5 Å². The second kappa shape index (κ2) is 4.80. The maximum absolute atomic E-state index is 9.81. The molecule has 0 aromatic heterocycles. The molecule has 0 amide bonds. The first-order valence-electron chi connectivity index (χ1n) is 5.44. The SMILES string of the molecule is C=CCC(O)C1CCC(C)C(C)C1. The van der Waals surface area contributed by atoms with Gasteiger partial charge in [-0.25, -0.2) is 0 Å². The third-order valence-corrected chi connectivity index (χ3v) is 3.59. The molecule has 1 saturated carbocycles. The van der Waals surface area contributed by atoms with Gasteiger partial charge in [-0.2, -0.15) is 0 Å². The molecule has 4 unspecified atom stereocenters. The van der Waals surface area contributed by atoms with Crippen LogP contribution in [0.4, 0.5) is 0 Å². The van der Waals surface area contributed by atoms with Gasteiger partial charge >= 0.3 is 0 Å². The zero-order valence-corrected chi connectivity index (χ0v) is 8.87. The summed E-state index contributed by atoms with van der Waals surface area (Å²) in [6.45, 7) is 8.29. The fraction of sp³-hybridized carbons (Fsp3) is 0.833. The lowest BCUT2D eigenvalue weighted by Crippen LogP contribution is -2.29. The summed E-state index contributed by atoms with van der Waals surface area (Å²) in [5, 5.41) is 9.81. The molecule has 76 valence electrons. The van der Waals surface area contributed by atoms with Gasteiger partial charge in [0.05, 0.1) is 6.10 Å². The van der Waals surface area contributed by atoms with Gasteiger partial charge in [-0.3, -0.25) is 0 Å². The van der Waals surface area contributed by atoms with Crippen molar-refractivity contribution in [2.75, 3.05) is 0 Å². The van der Waals surface area contributed by atoms with Crippen LogP contribution in [0.15, 0.2) is 12.7 Å². The van der Waals surface area contributed by atoms with E-state index in [2.05, 4.69) is 20.4 Å². The minimum Gasteiger partial charge on any atom is -0.393 e. The van der Waals surface area contributed by atoms with Crippen LogP contribution >= 0.6 is 0 Å². The van der Waals surface area contributed by atoms with Crippen molar-refractivity contribution in [3.8, 4) is 0 Å². The van der Waals surface area contributed by atoms with E-state index in [4.69, 9.17) is 0 Å². The van der Waals surface area contributed by atoms with Crippen molar-refractivity contribution < 1.29 is 5.11 Å². The van der Waals surface area contributed by atoms with E-state index in [1.54, 1.807) is 0 Å². The molecule has 0 saturated heterocycles. The van der Waals surface area contributed by atoms with E-state index < -0.39 is 0 Å². The maximum Gasteiger partial charge on any atom is 0.0602 e. The second-order valence-corrected chi connectivity index (χ2v) is 4.62. The van der Waals surface area contributed by atoms with Crippen LogP contribution in [-0.4, -0.2) is 11.2 Å². The molecule has 13 heavy (non-hydrogen) atoms. The summed E-state index contributed by atoms with van der Waals surface area (Å²) in [4.78, 5) is 0. The first-order valence-corrected chi connectivity index (χ1v) is 5.44. The van der Waals surface area contributed by atoms with Crippen LogP contribution < -0.4 is 0 Å². The van der Waals surface area contributed by atoms with E-state index in [1.165, 1.54) is 19.3 Å². The van der Waals surface area contributed by atoms with Crippen LogP contribution in [0, 0.1) is 17.8 Å². The van der Waals surface area contributed by atoms with Gasteiger partial charge in [0.1, 0.15) is 0 Å². The molecule has 1 aliphatic rings. The Balaban J connectivity index is 2.40. The Morgan fingerprint density at radius 3 is 2.62 bits per heavy atom. The molecular formula is C12H22O. The normalized spacial score (nSPS) is 37.0. The van der Waals surface area contributed by atoms with Crippen LogP contribution in [0.25, 0.3) is 0 Å². The van der Waals surface area contributed by atoms with Crippen LogP contribution in [0.5, 0.6) is 0 Å². The fourth-order valence-electron chi connectivity index (χ4n) is 2.30. The van der Waals surface area contributed by atoms with E-state index in [0.717, 1.165) is 18.3 Å². The van der Waals surface area contributed by atoms with Gasteiger partial charge in [-0.1, -0.05) is 26.3 Å². The van der Waals surface area contributed by atoms with Crippen LogP contribution in [-0.2, 0) is 0 Å². The zero-order valence-electron chi connectivity index (χ0n) is 8.87. The van der Waals surface area contributed by atoms with Crippen molar-refractivity contribution in [2.45, 2.75) is 45.6 Å². The average Bonchev–Trinajstić information content (AvgIpc) is 2.10. The smallest absolute Gasteiger partial charge is 0.0602 e. The van der Waals surface area contributed by atoms with Gasteiger partial charge in [0.15, 0.2) is 0 Å². The lowest BCUT2D eigenvalue weighted by Gasteiger charge is -2.34. The third kappa shape index (κ3) is 2.84.